The third-order valence-electron chi connectivity index (χ3n) is 3.90. The first kappa shape index (κ1) is 14.5. The highest BCUT2D eigenvalue weighted by molar-refractivity contribution is 5.30. The number of benzene rings is 1. The van der Waals surface area contributed by atoms with E-state index in [1.165, 1.54) is 16.7 Å². The molecular formula is C16H26N2O. The van der Waals surface area contributed by atoms with E-state index in [0.29, 0.717) is 6.04 Å². The van der Waals surface area contributed by atoms with Gasteiger partial charge >= 0.3 is 0 Å². The van der Waals surface area contributed by atoms with Gasteiger partial charge in [0.1, 0.15) is 0 Å². The summed E-state index contributed by atoms with van der Waals surface area (Å²) >= 11 is 0. The minimum Gasteiger partial charge on any atom is -0.379 e. The van der Waals surface area contributed by atoms with Crippen molar-refractivity contribution in [1.82, 2.24) is 4.90 Å². The van der Waals surface area contributed by atoms with Crippen LogP contribution in [0.5, 0.6) is 0 Å². The van der Waals surface area contributed by atoms with Gasteiger partial charge in [-0.15, -0.1) is 0 Å². The molecule has 2 N–H and O–H groups in total. The normalized spacial score (nSPS) is 22.4. The predicted octanol–water partition coefficient (Wildman–Crippen LogP) is 2.41. The fourth-order valence-corrected chi connectivity index (χ4v) is 2.79. The van der Waals surface area contributed by atoms with E-state index in [9.17, 15) is 0 Å². The Morgan fingerprint density at radius 2 is 2.00 bits per heavy atom. The summed E-state index contributed by atoms with van der Waals surface area (Å²) in [5.74, 6) is 0. The van der Waals surface area contributed by atoms with Crippen molar-refractivity contribution in [3.8, 4) is 0 Å². The standard InChI is InChI=1S/C16H26N2O/c1-12-8-13(2)10-15(9-12)16(17)4-5-18-6-7-19-11-14(18)3/h8-10,14,16H,4-7,11,17H2,1-3H3. The molecule has 0 saturated carbocycles. The van der Waals surface area contributed by atoms with E-state index in [2.05, 4.69) is 43.9 Å². The van der Waals surface area contributed by atoms with Crippen LogP contribution in [0.15, 0.2) is 18.2 Å². The van der Waals surface area contributed by atoms with E-state index in [1.54, 1.807) is 0 Å². The van der Waals surface area contributed by atoms with Gasteiger partial charge in [0.15, 0.2) is 0 Å². The summed E-state index contributed by atoms with van der Waals surface area (Å²) in [7, 11) is 0. The molecule has 0 amide bonds. The summed E-state index contributed by atoms with van der Waals surface area (Å²) in [5.41, 5.74) is 10.2. The first-order valence-electron chi connectivity index (χ1n) is 7.22. The van der Waals surface area contributed by atoms with Crippen LogP contribution in [0.4, 0.5) is 0 Å². The quantitative estimate of drug-likeness (QED) is 0.905. The number of hydrogen-bond acceptors (Lipinski definition) is 3. The topological polar surface area (TPSA) is 38.5 Å². The van der Waals surface area contributed by atoms with Crippen molar-refractivity contribution in [2.45, 2.75) is 39.3 Å². The van der Waals surface area contributed by atoms with Gasteiger partial charge in [-0.2, -0.15) is 0 Å². The lowest BCUT2D eigenvalue weighted by Gasteiger charge is -2.33. The van der Waals surface area contributed by atoms with Crippen LogP contribution < -0.4 is 5.73 Å². The molecule has 1 aliphatic rings. The zero-order valence-corrected chi connectivity index (χ0v) is 12.4. The maximum atomic E-state index is 6.34. The molecule has 0 radical (unpaired) electrons. The number of aryl methyl sites for hydroxylation is 2. The van der Waals surface area contributed by atoms with Crippen LogP contribution in [0.3, 0.4) is 0 Å². The highest BCUT2D eigenvalue weighted by atomic mass is 16.5. The largest absolute Gasteiger partial charge is 0.379 e. The summed E-state index contributed by atoms with van der Waals surface area (Å²) in [5, 5.41) is 0. The molecule has 2 unspecified atom stereocenters. The maximum absolute atomic E-state index is 6.34. The Kier molecular flexibility index (Phi) is 4.97. The Bertz CT molecular complexity index is 399. The van der Waals surface area contributed by atoms with Gasteiger partial charge in [0.2, 0.25) is 0 Å². The lowest BCUT2D eigenvalue weighted by atomic mass is 9.99. The Balaban J connectivity index is 1.91. The van der Waals surface area contributed by atoms with E-state index in [4.69, 9.17) is 10.5 Å². The second-order valence-corrected chi connectivity index (χ2v) is 5.78. The molecule has 0 spiro atoms. The molecule has 1 aromatic rings. The minimum absolute atomic E-state index is 0.133. The first-order valence-corrected chi connectivity index (χ1v) is 7.22. The summed E-state index contributed by atoms with van der Waals surface area (Å²) in [4.78, 5) is 2.48. The van der Waals surface area contributed by atoms with E-state index < -0.39 is 0 Å². The molecule has 106 valence electrons. The number of ether oxygens (including phenoxy) is 1. The second kappa shape index (κ2) is 6.51. The second-order valence-electron chi connectivity index (χ2n) is 5.78. The minimum atomic E-state index is 0.133. The summed E-state index contributed by atoms with van der Waals surface area (Å²) in [6, 6.07) is 7.26. The van der Waals surface area contributed by atoms with E-state index in [1.807, 2.05) is 0 Å². The Morgan fingerprint density at radius 3 is 2.63 bits per heavy atom. The van der Waals surface area contributed by atoms with Crippen LogP contribution in [-0.2, 0) is 4.74 Å². The zero-order chi connectivity index (χ0) is 13.8. The predicted molar refractivity (Wildman–Crippen MR) is 79.3 cm³/mol. The Morgan fingerprint density at radius 1 is 1.32 bits per heavy atom. The Hall–Kier alpha value is -0.900. The van der Waals surface area contributed by atoms with Crippen LogP contribution in [0.2, 0.25) is 0 Å². The lowest BCUT2D eigenvalue weighted by Crippen LogP contribution is -2.44. The highest BCUT2D eigenvalue weighted by Crippen LogP contribution is 2.19. The molecule has 2 atom stereocenters. The third kappa shape index (κ3) is 4.03. The lowest BCUT2D eigenvalue weighted by molar-refractivity contribution is -0.00139. The molecular weight excluding hydrogens is 236 g/mol. The molecule has 1 saturated heterocycles. The fraction of sp³-hybridized carbons (Fsp3) is 0.625. The third-order valence-corrected chi connectivity index (χ3v) is 3.90. The SMILES string of the molecule is Cc1cc(C)cc(C(N)CCN2CCOCC2C)c1. The van der Waals surface area contributed by atoms with Crippen LogP contribution in [0, 0.1) is 13.8 Å². The average Bonchev–Trinajstić information content (AvgIpc) is 2.36. The van der Waals surface area contributed by atoms with Crippen molar-refractivity contribution in [3.05, 3.63) is 34.9 Å². The molecule has 3 nitrogen and oxygen atoms in total. The van der Waals surface area contributed by atoms with Crippen LogP contribution in [0.25, 0.3) is 0 Å². The number of nitrogens with two attached hydrogens (primary N) is 1. The highest BCUT2D eigenvalue weighted by Gasteiger charge is 2.19. The zero-order valence-electron chi connectivity index (χ0n) is 12.4. The van der Waals surface area contributed by atoms with Crippen molar-refractivity contribution >= 4 is 0 Å². The first-order chi connectivity index (χ1) is 9.06. The molecule has 2 rings (SSSR count). The molecule has 1 aromatic carbocycles. The number of morpholine rings is 1. The van der Waals surface area contributed by atoms with Crippen molar-refractivity contribution in [2.75, 3.05) is 26.3 Å². The van der Waals surface area contributed by atoms with Gasteiger partial charge in [0, 0.05) is 25.2 Å². The maximum Gasteiger partial charge on any atom is 0.0619 e. The fourth-order valence-electron chi connectivity index (χ4n) is 2.79. The molecule has 1 aliphatic heterocycles. The van der Waals surface area contributed by atoms with E-state index in [-0.39, 0.29) is 6.04 Å². The molecule has 1 fully saturated rings. The number of rotatable bonds is 4. The van der Waals surface area contributed by atoms with Gasteiger partial charge in [0.25, 0.3) is 0 Å². The Labute approximate surface area is 116 Å². The van der Waals surface area contributed by atoms with Gasteiger partial charge in [-0.3, -0.25) is 4.90 Å². The van der Waals surface area contributed by atoms with Gasteiger partial charge in [-0.1, -0.05) is 29.3 Å². The van der Waals surface area contributed by atoms with Crippen molar-refractivity contribution < 1.29 is 4.74 Å². The van der Waals surface area contributed by atoms with Crippen LogP contribution in [0.1, 0.15) is 36.1 Å². The monoisotopic (exact) mass is 262 g/mol. The molecule has 3 heteroatoms. The van der Waals surface area contributed by atoms with Crippen LogP contribution >= 0.6 is 0 Å². The molecule has 19 heavy (non-hydrogen) atoms. The van der Waals surface area contributed by atoms with Crippen molar-refractivity contribution in [1.29, 1.82) is 0 Å². The van der Waals surface area contributed by atoms with Crippen LogP contribution in [-0.4, -0.2) is 37.2 Å². The van der Waals surface area contributed by atoms with Crippen molar-refractivity contribution in [3.63, 3.8) is 0 Å². The smallest absolute Gasteiger partial charge is 0.0619 e. The summed E-state index contributed by atoms with van der Waals surface area (Å²) in [6.45, 7) is 10.3. The van der Waals surface area contributed by atoms with E-state index >= 15 is 0 Å². The molecule has 0 aliphatic carbocycles. The summed E-state index contributed by atoms with van der Waals surface area (Å²) in [6.07, 6.45) is 1.01. The average molecular weight is 262 g/mol. The van der Waals surface area contributed by atoms with Gasteiger partial charge in [-0.05, 0) is 32.8 Å². The number of nitrogens with zero attached hydrogens (tertiary/aromatic N) is 1. The van der Waals surface area contributed by atoms with Gasteiger partial charge in [0.05, 0.1) is 13.2 Å². The van der Waals surface area contributed by atoms with Gasteiger partial charge < -0.3 is 10.5 Å². The summed E-state index contributed by atoms with van der Waals surface area (Å²) < 4.78 is 5.46. The van der Waals surface area contributed by atoms with E-state index in [0.717, 1.165) is 32.7 Å². The van der Waals surface area contributed by atoms with Gasteiger partial charge in [-0.25, -0.2) is 0 Å². The van der Waals surface area contributed by atoms with Crippen molar-refractivity contribution in [2.24, 2.45) is 5.73 Å². The molecule has 1 heterocycles. The number of hydrogen-bond donors (Lipinski definition) is 1. The molecule has 0 aromatic heterocycles. The molecule has 0 bridgehead atoms.